The molecule has 1 aromatic carbocycles. The lowest BCUT2D eigenvalue weighted by Crippen LogP contribution is -2.60. The second-order valence-electron chi connectivity index (χ2n) is 5.93. The van der Waals surface area contributed by atoms with Gasteiger partial charge in [-0.1, -0.05) is 25.0 Å². The van der Waals surface area contributed by atoms with Crippen LogP contribution in [0.1, 0.15) is 37.7 Å². The molecule has 19 heavy (non-hydrogen) atoms. The van der Waals surface area contributed by atoms with Gasteiger partial charge in [0.15, 0.2) is 0 Å². The van der Waals surface area contributed by atoms with Crippen LogP contribution in [0.4, 0.5) is 0 Å². The maximum Gasteiger partial charge on any atom is 0.119 e. The Morgan fingerprint density at radius 2 is 2.11 bits per heavy atom. The van der Waals surface area contributed by atoms with Crippen molar-refractivity contribution in [2.45, 2.75) is 50.9 Å². The number of hydrogen-bond acceptors (Lipinski definition) is 3. The van der Waals surface area contributed by atoms with Crippen LogP contribution in [0.2, 0.25) is 0 Å². The molecule has 1 aromatic rings. The van der Waals surface area contributed by atoms with Crippen molar-refractivity contribution in [1.29, 1.82) is 0 Å². The molecule has 0 heterocycles. The number of nitrogens with two attached hydrogens (primary N) is 1. The predicted molar refractivity (Wildman–Crippen MR) is 75.1 cm³/mol. The molecule has 2 unspecified atom stereocenters. The summed E-state index contributed by atoms with van der Waals surface area (Å²) in [5.41, 5.74) is 7.69. The highest BCUT2D eigenvalue weighted by atomic mass is 16.5. The molecule has 2 fully saturated rings. The molecule has 2 saturated carbocycles. The van der Waals surface area contributed by atoms with E-state index < -0.39 is 0 Å². The van der Waals surface area contributed by atoms with Crippen LogP contribution in [0.3, 0.4) is 0 Å². The molecular weight excluding hydrogens is 238 g/mol. The minimum absolute atomic E-state index is 0.291. The fourth-order valence-electron chi connectivity index (χ4n) is 3.70. The van der Waals surface area contributed by atoms with E-state index in [1.807, 2.05) is 18.2 Å². The summed E-state index contributed by atoms with van der Waals surface area (Å²) < 4.78 is 11.4. The van der Waals surface area contributed by atoms with E-state index in [0.29, 0.717) is 24.2 Å². The number of hydrogen-bond donors (Lipinski definition) is 1. The molecule has 0 saturated heterocycles. The van der Waals surface area contributed by atoms with Gasteiger partial charge in [-0.2, -0.15) is 0 Å². The maximum atomic E-state index is 6.22. The molecular formula is C16H23NO2. The summed E-state index contributed by atoms with van der Waals surface area (Å²) >= 11 is 0. The SMILES string of the molecule is COc1cccc(COC2CC(N)C23CCCC3)c1. The van der Waals surface area contributed by atoms with E-state index in [-0.39, 0.29) is 0 Å². The zero-order valence-corrected chi connectivity index (χ0v) is 11.6. The summed E-state index contributed by atoms with van der Waals surface area (Å²) in [6.45, 7) is 0.663. The van der Waals surface area contributed by atoms with Gasteiger partial charge in [-0.05, 0) is 37.0 Å². The van der Waals surface area contributed by atoms with Crippen LogP contribution in [-0.4, -0.2) is 19.3 Å². The summed E-state index contributed by atoms with van der Waals surface area (Å²) in [6, 6.07) is 8.45. The van der Waals surface area contributed by atoms with E-state index >= 15 is 0 Å². The number of rotatable bonds is 4. The fourth-order valence-corrected chi connectivity index (χ4v) is 3.70. The van der Waals surface area contributed by atoms with Gasteiger partial charge in [0.05, 0.1) is 19.8 Å². The minimum atomic E-state index is 0.291. The Bertz CT molecular complexity index is 440. The van der Waals surface area contributed by atoms with Gasteiger partial charge in [0.2, 0.25) is 0 Å². The number of ether oxygens (including phenoxy) is 2. The van der Waals surface area contributed by atoms with Gasteiger partial charge in [-0.3, -0.25) is 0 Å². The van der Waals surface area contributed by atoms with Gasteiger partial charge < -0.3 is 15.2 Å². The first kappa shape index (κ1) is 12.9. The van der Waals surface area contributed by atoms with E-state index in [0.717, 1.165) is 12.2 Å². The third kappa shape index (κ3) is 2.26. The largest absolute Gasteiger partial charge is 0.497 e. The second-order valence-corrected chi connectivity index (χ2v) is 5.93. The van der Waals surface area contributed by atoms with Crippen molar-refractivity contribution < 1.29 is 9.47 Å². The summed E-state index contributed by atoms with van der Waals surface area (Å²) in [7, 11) is 1.69. The Morgan fingerprint density at radius 1 is 1.32 bits per heavy atom. The Labute approximate surface area is 115 Å². The zero-order chi connectivity index (χ0) is 13.3. The van der Waals surface area contributed by atoms with Crippen LogP contribution >= 0.6 is 0 Å². The zero-order valence-electron chi connectivity index (χ0n) is 11.6. The first-order valence-electron chi connectivity index (χ1n) is 7.25. The molecule has 3 rings (SSSR count). The first-order chi connectivity index (χ1) is 9.24. The van der Waals surface area contributed by atoms with Gasteiger partial charge in [0, 0.05) is 11.5 Å². The lowest BCUT2D eigenvalue weighted by atomic mass is 9.61. The van der Waals surface area contributed by atoms with Crippen molar-refractivity contribution in [3.05, 3.63) is 29.8 Å². The van der Waals surface area contributed by atoms with E-state index in [4.69, 9.17) is 15.2 Å². The molecule has 2 atom stereocenters. The van der Waals surface area contributed by atoms with Gasteiger partial charge in [0.25, 0.3) is 0 Å². The average Bonchev–Trinajstić information content (AvgIpc) is 2.96. The first-order valence-corrected chi connectivity index (χ1v) is 7.25. The van der Waals surface area contributed by atoms with Crippen molar-refractivity contribution in [3.8, 4) is 5.75 Å². The second kappa shape index (κ2) is 5.14. The molecule has 0 radical (unpaired) electrons. The Kier molecular flexibility index (Phi) is 3.50. The van der Waals surface area contributed by atoms with Crippen molar-refractivity contribution >= 4 is 0 Å². The third-order valence-corrected chi connectivity index (χ3v) is 4.97. The Hall–Kier alpha value is -1.06. The van der Waals surface area contributed by atoms with Crippen LogP contribution < -0.4 is 10.5 Å². The van der Waals surface area contributed by atoms with Gasteiger partial charge >= 0.3 is 0 Å². The molecule has 0 aromatic heterocycles. The van der Waals surface area contributed by atoms with Crippen molar-refractivity contribution in [2.75, 3.05) is 7.11 Å². The summed E-state index contributed by atoms with van der Waals surface area (Å²) in [4.78, 5) is 0. The molecule has 3 heteroatoms. The van der Waals surface area contributed by atoms with Gasteiger partial charge in [-0.15, -0.1) is 0 Å². The molecule has 0 amide bonds. The lowest BCUT2D eigenvalue weighted by molar-refractivity contribution is -0.130. The van der Waals surface area contributed by atoms with E-state index in [2.05, 4.69) is 6.07 Å². The molecule has 0 bridgehead atoms. The Morgan fingerprint density at radius 3 is 2.79 bits per heavy atom. The monoisotopic (exact) mass is 261 g/mol. The molecule has 2 N–H and O–H groups in total. The molecule has 2 aliphatic rings. The van der Waals surface area contributed by atoms with E-state index in [1.54, 1.807) is 7.11 Å². The van der Waals surface area contributed by atoms with Crippen LogP contribution in [0.25, 0.3) is 0 Å². The van der Waals surface area contributed by atoms with Gasteiger partial charge in [0.1, 0.15) is 5.75 Å². The Balaban J connectivity index is 1.60. The highest BCUT2D eigenvalue weighted by Gasteiger charge is 2.55. The smallest absolute Gasteiger partial charge is 0.119 e. The fraction of sp³-hybridized carbons (Fsp3) is 0.625. The highest BCUT2D eigenvalue weighted by Crippen LogP contribution is 2.53. The standard InChI is InChI=1S/C16H23NO2/c1-18-13-6-4-5-12(9-13)11-19-15-10-14(17)16(15)7-2-3-8-16/h4-6,9,14-15H,2-3,7-8,10-11,17H2,1H3. The molecule has 104 valence electrons. The highest BCUT2D eigenvalue weighted by molar-refractivity contribution is 5.28. The molecule has 1 spiro atoms. The van der Waals surface area contributed by atoms with Gasteiger partial charge in [-0.25, -0.2) is 0 Å². The quantitative estimate of drug-likeness (QED) is 0.906. The summed E-state index contributed by atoms with van der Waals surface area (Å²) in [5.74, 6) is 0.891. The molecule has 3 nitrogen and oxygen atoms in total. The normalized spacial score (nSPS) is 28.3. The van der Waals surface area contributed by atoms with Crippen LogP contribution in [0.15, 0.2) is 24.3 Å². The van der Waals surface area contributed by atoms with E-state index in [1.165, 1.54) is 31.2 Å². The predicted octanol–water partition coefficient (Wildman–Crippen LogP) is 2.87. The van der Waals surface area contributed by atoms with Crippen LogP contribution in [0, 0.1) is 5.41 Å². The number of methoxy groups -OCH3 is 1. The third-order valence-electron chi connectivity index (χ3n) is 4.97. The van der Waals surface area contributed by atoms with Crippen LogP contribution in [-0.2, 0) is 11.3 Å². The van der Waals surface area contributed by atoms with E-state index in [9.17, 15) is 0 Å². The summed E-state index contributed by atoms with van der Waals surface area (Å²) in [6.07, 6.45) is 6.49. The minimum Gasteiger partial charge on any atom is -0.497 e. The van der Waals surface area contributed by atoms with Crippen molar-refractivity contribution in [1.82, 2.24) is 0 Å². The molecule has 2 aliphatic carbocycles. The van der Waals surface area contributed by atoms with Crippen molar-refractivity contribution in [2.24, 2.45) is 11.1 Å². The van der Waals surface area contributed by atoms with Crippen molar-refractivity contribution in [3.63, 3.8) is 0 Å². The lowest BCUT2D eigenvalue weighted by Gasteiger charge is -2.52. The topological polar surface area (TPSA) is 44.5 Å². The maximum absolute atomic E-state index is 6.22. The number of benzene rings is 1. The van der Waals surface area contributed by atoms with Crippen LogP contribution in [0.5, 0.6) is 5.75 Å². The average molecular weight is 261 g/mol. The summed E-state index contributed by atoms with van der Waals surface area (Å²) in [5, 5.41) is 0. The molecule has 0 aliphatic heterocycles.